The highest BCUT2D eigenvalue weighted by molar-refractivity contribution is 9.10. The van der Waals surface area contributed by atoms with Gasteiger partial charge in [-0.15, -0.1) is 0 Å². The largest absolute Gasteiger partial charge is 0.330 e. The number of fused-ring (bicyclic) bond motifs is 1. The smallest absolute Gasteiger partial charge is 0.182 e. The zero-order chi connectivity index (χ0) is 13.6. The molecule has 0 aliphatic carbocycles. The summed E-state index contributed by atoms with van der Waals surface area (Å²) in [6.07, 6.45) is 0. The molecule has 0 radical (unpaired) electrons. The number of benzene rings is 2. The second-order valence-electron chi connectivity index (χ2n) is 4.38. The molecule has 0 unspecified atom stereocenters. The van der Waals surface area contributed by atoms with E-state index in [-0.39, 0.29) is 0 Å². The quantitative estimate of drug-likeness (QED) is 0.580. The van der Waals surface area contributed by atoms with Crippen molar-refractivity contribution in [1.82, 2.24) is 9.55 Å². The first kappa shape index (κ1) is 12.9. The molecule has 0 spiro atoms. The van der Waals surface area contributed by atoms with Crippen LogP contribution in [0.2, 0.25) is 5.02 Å². The van der Waals surface area contributed by atoms with E-state index in [0.717, 1.165) is 21.2 Å². The normalized spacial score (nSPS) is 11.1. The van der Waals surface area contributed by atoms with Crippen LogP contribution in [0.15, 0.2) is 40.9 Å². The molecule has 1 heterocycles. The summed E-state index contributed by atoms with van der Waals surface area (Å²) in [6.45, 7) is 2.06. The lowest BCUT2D eigenvalue weighted by molar-refractivity contribution is 1.06. The molecule has 5 heteroatoms. The van der Waals surface area contributed by atoms with E-state index in [1.54, 1.807) is 0 Å². The highest BCUT2D eigenvalue weighted by Gasteiger charge is 2.08. The lowest BCUT2D eigenvalue weighted by Gasteiger charge is -2.06. The van der Waals surface area contributed by atoms with Gasteiger partial charge in [-0.2, -0.15) is 0 Å². The van der Waals surface area contributed by atoms with Crippen LogP contribution in [0, 0.1) is 11.7 Å². The number of halogens is 2. The highest BCUT2D eigenvalue weighted by atomic mass is 79.9. The summed E-state index contributed by atoms with van der Waals surface area (Å²) in [5, 5.41) is 0.686. The van der Waals surface area contributed by atoms with Gasteiger partial charge in [-0.25, -0.2) is 0 Å². The molecular formula is C14H10BrClN2S. The number of aromatic nitrogens is 2. The number of aryl methyl sites for hydroxylation is 1. The van der Waals surface area contributed by atoms with Crippen molar-refractivity contribution in [3.8, 4) is 5.69 Å². The molecule has 0 aliphatic heterocycles. The fourth-order valence-electron chi connectivity index (χ4n) is 2.11. The van der Waals surface area contributed by atoms with E-state index in [9.17, 15) is 0 Å². The van der Waals surface area contributed by atoms with Gasteiger partial charge >= 0.3 is 0 Å². The molecule has 0 saturated heterocycles. The number of hydrogen-bond acceptors (Lipinski definition) is 1. The molecule has 2 aromatic carbocycles. The van der Waals surface area contributed by atoms with Crippen molar-refractivity contribution >= 4 is 50.8 Å². The first-order valence-corrected chi connectivity index (χ1v) is 7.31. The zero-order valence-electron chi connectivity index (χ0n) is 10.1. The summed E-state index contributed by atoms with van der Waals surface area (Å²) in [6, 6.07) is 12.0. The molecule has 0 atom stereocenters. The standard InChI is InChI=1S/C14H10BrClN2S/c1-8-2-5-13-12(6-8)17-14(19)18(13)9-3-4-11(16)10(15)7-9/h2-7H,1H3,(H,17,19). The Hall–Kier alpha value is -1.10. The van der Waals surface area contributed by atoms with Crippen molar-refractivity contribution < 1.29 is 0 Å². The molecule has 96 valence electrons. The monoisotopic (exact) mass is 352 g/mol. The third-order valence-corrected chi connectivity index (χ3v) is 4.50. The number of H-pyrrole nitrogens is 1. The van der Waals surface area contributed by atoms with Crippen molar-refractivity contribution in [2.24, 2.45) is 0 Å². The summed E-state index contributed by atoms with van der Waals surface area (Å²) in [5.41, 5.74) is 4.28. The van der Waals surface area contributed by atoms with E-state index in [0.29, 0.717) is 9.79 Å². The Morgan fingerprint density at radius 3 is 2.74 bits per heavy atom. The maximum absolute atomic E-state index is 6.03. The van der Waals surface area contributed by atoms with Gasteiger partial charge in [0.1, 0.15) is 0 Å². The van der Waals surface area contributed by atoms with Gasteiger partial charge < -0.3 is 4.98 Å². The van der Waals surface area contributed by atoms with Crippen LogP contribution in [0.5, 0.6) is 0 Å². The zero-order valence-corrected chi connectivity index (χ0v) is 13.2. The van der Waals surface area contributed by atoms with Crippen LogP contribution in [0.1, 0.15) is 5.56 Å². The highest BCUT2D eigenvalue weighted by Crippen LogP contribution is 2.27. The summed E-state index contributed by atoms with van der Waals surface area (Å²) >= 11 is 14.9. The number of rotatable bonds is 1. The minimum atomic E-state index is 0.676. The second kappa shape index (κ2) is 4.78. The Labute approximate surface area is 129 Å². The maximum Gasteiger partial charge on any atom is 0.182 e. The molecular weight excluding hydrogens is 344 g/mol. The number of imidazole rings is 1. The van der Waals surface area contributed by atoms with Crippen LogP contribution >= 0.6 is 39.7 Å². The van der Waals surface area contributed by atoms with Crippen molar-refractivity contribution in [1.29, 1.82) is 0 Å². The average Bonchev–Trinajstić information content (AvgIpc) is 2.68. The van der Waals surface area contributed by atoms with E-state index in [4.69, 9.17) is 23.8 Å². The third-order valence-electron chi connectivity index (χ3n) is 3.00. The molecule has 3 aromatic rings. The molecule has 0 aliphatic rings. The first-order chi connectivity index (χ1) is 9.06. The predicted molar refractivity (Wildman–Crippen MR) is 85.9 cm³/mol. The number of nitrogens with one attached hydrogen (secondary N) is 1. The molecule has 3 rings (SSSR count). The fourth-order valence-corrected chi connectivity index (χ4v) is 2.90. The Bertz CT molecular complexity index is 835. The van der Waals surface area contributed by atoms with Gasteiger partial charge in [0.15, 0.2) is 4.77 Å². The number of nitrogens with zero attached hydrogens (tertiary/aromatic N) is 1. The lowest BCUT2D eigenvalue weighted by atomic mass is 10.2. The Kier molecular flexibility index (Phi) is 3.25. The van der Waals surface area contributed by atoms with E-state index in [1.165, 1.54) is 5.56 Å². The topological polar surface area (TPSA) is 20.7 Å². The molecule has 0 fully saturated rings. The van der Waals surface area contributed by atoms with Gasteiger partial charge in [0.2, 0.25) is 0 Å². The Morgan fingerprint density at radius 2 is 2.00 bits per heavy atom. The Morgan fingerprint density at radius 1 is 1.21 bits per heavy atom. The predicted octanol–water partition coefficient (Wildman–Crippen LogP) is 5.41. The van der Waals surface area contributed by atoms with Gasteiger partial charge in [0, 0.05) is 10.2 Å². The van der Waals surface area contributed by atoms with Crippen molar-refractivity contribution in [3.63, 3.8) is 0 Å². The second-order valence-corrected chi connectivity index (χ2v) is 6.03. The first-order valence-electron chi connectivity index (χ1n) is 5.73. The molecule has 1 N–H and O–H groups in total. The third kappa shape index (κ3) is 2.24. The van der Waals surface area contributed by atoms with Crippen LogP contribution in [-0.2, 0) is 0 Å². The van der Waals surface area contributed by atoms with Crippen molar-refractivity contribution in [2.45, 2.75) is 6.92 Å². The van der Waals surface area contributed by atoms with Gasteiger partial charge in [-0.1, -0.05) is 17.7 Å². The number of aromatic amines is 1. The average molecular weight is 354 g/mol. The lowest BCUT2D eigenvalue weighted by Crippen LogP contribution is -1.93. The van der Waals surface area contributed by atoms with E-state index >= 15 is 0 Å². The van der Waals surface area contributed by atoms with Crippen LogP contribution in [0.25, 0.3) is 16.7 Å². The van der Waals surface area contributed by atoms with Gasteiger partial charge in [-0.05, 0) is 71.0 Å². The van der Waals surface area contributed by atoms with Crippen molar-refractivity contribution in [2.75, 3.05) is 0 Å². The minimum absolute atomic E-state index is 0.676. The molecule has 0 bridgehead atoms. The van der Waals surface area contributed by atoms with Crippen LogP contribution in [-0.4, -0.2) is 9.55 Å². The van der Waals surface area contributed by atoms with Crippen LogP contribution < -0.4 is 0 Å². The summed E-state index contributed by atoms with van der Waals surface area (Å²) in [4.78, 5) is 3.23. The van der Waals surface area contributed by atoms with E-state index in [2.05, 4.69) is 46.0 Å². The molecule has 19 heavy (non-hydrogen) atoms. The summed E-state index contributed by atoms with van der Waals surface area (Å²) in [7, 11) is 0. The molecule has 0 amide bonds. The fraction of sp³-hybridized carbons (Fsp3) is 0.0714. The minimum Gasteiger partial charge on any atom is -0.330 e. The van der Waals surface area contributed by atoms with Crippen molar-refractivity contribution in [3.05, 3.63) is 56.2 Å². The van der Waals surface area contributed by atoms with Gasteiger partial charge in [0.05, 0.1) is 16.1 Å². The number of hydrogen-bond donors (Lipinski definition) is 1. The summed E-state index contributed by atoms with van der Waals surface area (Å²) < 4.78 is 3.54. The van der Waals surface area contributed by atoms with E-state index in [1.807, 2.05) is 22.8 Å². The molecule has 0 saturated carbocycles. The Balaban J connectivity index is 2.32. The molecule has 2 nitrogen and oxygen atoms in total. The van der Waals surface area contributed by atoms with Crippen LogP contribution in [0.4, 0.5) is 0 Å². The molecule has 1 aromatic heterocycles. The van der Waals surface area contributed by atoms with Gasteiger partial charge in [-0.3, -0.25) is 4.57 Å². The van der Waals surface area contributed by atoms with Crippen LogP contribution in [0.3, 0.4) is 0 Å². The SMILES string of the molecule is Cc1ccc2c(c1)[nH]c(=S)n2-c1ccc(Cl)c(Br)c1. The van der Waals surface area contributed by atoms with Gasteiger partial charge in [0.25, 0.3) is 0 Å². The van der Waals surface area contributed by atoms with E-state index < -0.39 is 0 Å². The maximum atomic E-state index is 6.03. The summed E-state index contributed by atoms with van der Waals surface area (Å²) in [5.74, 6) is 0.